The number of fused-ring (bicyclic) bond motifs is 1. The Morgan fingerprint density at radius 3 is 2.58 bits per heavy atom. The summed E-state index contributed by atoms with van der Waals surface area (Å²) in [5.74, 6) is 0.799. The number of nitrogens with one attached hydrogen (secondary N) is 1. The summed E-state index contributed by atoms with van der Waals surface area (Å²) in [6.07, 6.45) is 3.59. The lowest BCUT2D eigenvalue weighted by molar-refractivity contribution is -0.138. The van der Waals surface area contributed by atoms with E-state index in [9.17, 15) is 9.59 Å². The maximum absolute atomic E-state index is 13.2. The topological polar surface area (TPSA) is 80.8 Å². The average molecular weight is 417 g/mol. The van der Waals surface area contributed by atoms with Gasteiger partial charge in [-0.1, -0.05) is 36.4 Å². The molecule has 1 aliphatic heterocycles. The quantitative estimate of drug-likeness (QED) is 0.637. The number of benzene rings is 2. The van der Waals surface area contributed by atoms with E-state index in [1.165, 1.54) is 0 Å². The van der Waals surface area contributed by atoms with Gasteiger partial charge in [0.25, 0.3) is 0 Å². The van der Waals surface area contributed by atoms with Crippen LogP contribution in [0.3, 0.4) is 0 Å². The Morgan fingerprint density at radius 2 is 1.81 bits per heavy atom. The van der Waals surface area contributed by atoms with Crippen molar-refractivity contribution in [1.82, 2.24) is 9.88 Å². The van der Waals surface area contributed by atoms with E-state index in [1.807, 2.05) is 42.5 Å². The van der Waals surface area contributed by atoms with E-state index in [0.717, 1.165) is 11.1 Å². The Kier molecular flexibility index (Phi) is 6.12. The molecule has 4 rings (SSSR count). The van der Waals surface area contributed by atoms with Crippen LogP contribution in [0.25, 0.3) is 0 Å². The first-order valence-electron chi connectivity index (χ1n) is 10.0. The van der Waals surface area contributed by atoms with E-state index in [4.69, 9.17) is 9.47 Å². The Balaban J connectivity index is 1.51. The molecule has 0 radical (unpaired) electrons. The number of anilines is 1. The number of aromatic nitrogens is 1. The average Bonchev–Trinajstić information content (AvgIpc) is 3.26. The van der Waals surface area contributed by atoms with Crippen molar-refractivity contribution in [2.75, 3.05) is 12.1 Å². The van der Waals surface area contributed by atoms with Crippen LogP contribution in [0.2, 0.25) is 0 Å². The molecule has 0 fully saturated rings. The van der Waals surface area contributed by atoms with Gasteiger partial charge in [-0.25, -0.2) is 0 Å². The van der Waals surface area contributed by atoms with Crippen LogP contribution in [0.5, 0.6) is 11.5 Å². The van der Waals surface area contributed by atoms with Gasteiger partial charge in [-0.05, 0) is 36.2 Å². The van der Waals surface area contributed by atoms with Gasteiger partial charge in [-0.15, -0.1) is 0 Å². The Bertz CT molecular complexity index is 1060. The largest absolute Gasteiger partial charge is 0.454 e. The maximum Gasteiger partial charge on any atom is 0.246 e. The molecule has 7 heteroatoms. The lowest BCUT2D eigenvalue weighted by Crippen LogP contribution is -2.45. The Labute approximate surface area is 180 Å². The lowest BCUT2D eigenvalue weighted by atomic mass is 10.1. The molecule has 0 bridgehead atoms. The molecular formula is C24H23N3O4. The molecule has 2 aromatic carbocycles. The summed E-state index contributed by atoms with van der Waals surface area (Å²) in [6, 6.07) is 17.7. The normalized spacial score (nSPS) is 12.8. The minimum absolute atomic E-state index is 0.136. The van der Waals surface area contributed by atoms with Crippen LogP contribution < -0.4 is 14.8 Å². The van der Waals surface area contributed by atoms with Gasteiger partial charge < -0.3 is 19.7 Å². The van der Waals surface area contributed by atoms with Gasteiger partial charge in [0.05, 0.1) is 6.42 Å². The van der Waals surface area contributed by atoms with Gasteiger partial charge in [0.15, 0.2) is 11.5 Å². The molecule has 3 aromatic rings. The van der Waals surface area contributed by atoms with Crippen molar-refractivity contribution in [3.63, 3.8) is 0 Å². The minimum Gasteiger partial charge on any atom is -0.454 e. The number of ether oxygens (including phenoxy) is 2. The summed E-state index contributed by atoms with van der Waals surface area (Å²) in [5, 5.41) is 2.87. The monoisotopic (exact) mass is 417 g/mol. The van der Waals surface area contributed by atoms with Crippen LogP contribution in [0.15, 0.2) is 73.1 Å². The highest BCUT2D eigenvalue weighted by molar-refractivity contribution is 5.97. The first-order valence-corrected chi connectivity index (χ1v) is 10.0. The second kappa shape index (κ2) is 9.30. The number of carbonyl (C=O) groups excluding carboxylic acids is 2. The highest BCUT2D eigenvalue weighted by Crippen LogP contribution is 2.34. The molecule has 0 aliphatic carbocycles. The van der Waals surface area contributed by atoms with Crippen molar-refractivity contribution in [3.05, 3.63) is 84.2 Å². The van der Waals surface area contributed by atoms with Crippen LogP contribution in [-0.2, 0) is 22.6 Å². The molecule has 1 aliphatic rings. The number of nitrogens with zero attached hydrogens (tertiary/aromatic N) is 2. The van der Waals surface area contributed by atoms with Crippen LogP contribution in [0.4, 0.5) is 5.69 Å². The van der Waals surface area contributed by atoms with E-state index >= 15 is 0 Å². The van der Waals surface area contributed by atoms with Crippen molar-refractivity contribution in [2.45, 2.75) is 25.9 Å². The molecule has 0 spiro atoms. The van der Waals surface area contributed by atoms with Gasteiger partial charge >= 0.3 is 0 Å². The molecule has 0 saturated carbocycles. The van der Waals surface area contributed by atoms with Gasteiger partial charge in [0, 0.05) is 30.7 Å². The Hall–Kier alpha value is -3.87. The summed E-state index contributed by atoms with van der Waals surface area (Å²) in [4.78, 5) is 31.9. The predicted octanol–water partition coefficient (Wildman–Crippen LogP) is 3.41. The highest BCUT2D eigenvalue weighted by atomic mass is 16.7. The molecule has 31 heavy (non-hydrogen) atoms. The number of hydrogen-bond acceptors (Lipinski definition) is 5. The molecule has 1 unspecified atom stereocenters. The van der Waals surface area contributed by atoms with Crippen molar-refractivity contribution < 1.29 is 19.1 Å². The molecule has 0 saturated heterocycles. The van der Waals surface area contributed by atoms with Crippen molar-refractivity contribution >= 4 is 17.5 Å². The molecule has 2 amide bonds. The second-order valence-electron chi connectivity index (χ2n) is 7.28. The second-order valence-corrected chi connectivity index (χ2v) is 7.28. The fourth-order valence-electron chi connectivity index (χ4n) is 3.36. The lowest BCUT2D eigenvalue weighted by Gasteiger charge is -2.29. The van der Waals surface area contributed by atoms with Gasteiger partial charge in [0.2, 0.25) is 18.6 Å². The smallest absolute Gasteiger partial charge is 0.246 e. The third kappa shape index (κ3) is 5.01. The third-order valence-electron chi connectivity index (χ3n) is 5.08. The summed E-state index contributed by atoms with van der Waals surface area (Å²) in [5.41, 5.74) is 2.33. The first kappa shape index (κ1) is 20.4. The van der Waals surface area contributed by atoms with Crippen molar-refractivity contribution in [3.8, 4) is 11.5 Å². The van der Waals surface area contributed by atoms with Crippen LogP contribution in [-0.4, -0.2) is 34.5 Å². The van der Waals surface area contributed by atoms with E-state index < -0.39 is 6.04 Å². The molecule has 2 heterocycles. The van der Waals surface area contributed by atoms with Crippen molar-refractivity contribution in [1.29, 1.82) is 0 Å². The van der Waals surface area contributed by atoms with E-state index in [1.54, 1.807) is 42.4 Å². The number of hydrogen-bond donors (Lipinski definition) is 1. The van der Waals surface area contributed by atoms with Crippen LogP contribution in [0, 0.1) is 0 Å². The molecule has 1 N–H and O–H groups in total. The first-order chi connectivity index (χ1) is 15.1. The highest BCUT2D eigenvalue weighted by Gasteiger charge is 2.27. The molecule has 1 atom stereocenters. The number of pyridine rings is 1. The standard InChI is InChI=1S/C24H23N3O4/c1-17(24(29)26-20-9-10-21-22(13-20)31-16-30-21)27(15-19-8-5-11-25-14-19)23(28)12-18-6-3-2-4-7-18/h2-11,13-14,17H,12,15-16H2,1H3,(H,26,29). The zero-order chi connectivity index (χ0) is 21.6. The zero-order valence-electron chi connectivity index (χ0n) is 17.2. The van der Waals surface area contributed by atoms with E-state index in [2.05, 4.69) is 10.3 Å². The molecule has 1 aromatic heterocycles. The number of rotatable bonds is 7. The SMILES string of the molecule is CC(C(=O)Nc1ccc2c(c1)OCO2)N(Cc1cccnc1)C(=O)Cc1ccccc1. The van der Waals surface area contributed by atoms with Gasteiger partial charge in [-0.3, -0.25) is 14.6 Å². The summed E-state index contributed by atoms with van der Waals surface area (Å²) in [6.45, 7) is 2.17. The van der Waals surface area contributed by atoms with Crippen LogP contribution >= 0.6 is 0 Å². The number of amides is 2. The fourth-order valence-corrected chi connectivity index (χ4v) is 3.36. The van der Waals surface area contributed by atoms with Gasteiger partial charge in [-0.2, -0.15) is 0 Å². The molecule has 158 valence electrons. The summed E-state index contributed by atoms with van der Waals surface area (Å²) < 4.78 is 10.7. The predicted molar refractivity (Wildman–Crippen MR) is 116 cm³/mol. The maximum atomic E-state index is 13.2. The Morgan fingerprint density at radius 1 is 1.03 bits per heavy atom. The summed E-state index contributed by atoms with van der Waals surface area (Å²) >= 11 is 0. The van der Waals surface area contributed by atoms with E-state index in [0.29, 0.717) is 17.2 Å². The zero-order valence-corrected chi connectivity index (χ0v) is 17.2. The summed E-state index contributed by atoms with van der Waals surface area (Å²) in [7, 11) is 0. The molecule has 7 nitrogen and oxygen atoms in total. The van der Waals surface area contributed by atoms with Gasteiger partial charge in [0.1, 0.15) is 6.04 Å². The third-order valence-corrected chi connectivity index (χ3v) is 5.08. The van der Waals surface area contributed by atoms with Crippen LogP contribution in [0.1, 0.15) is 18.1 Å². The van der Waals surface area contributed by atoms with Crippen molar-refractivity contribution in [2.24, 2.45) is 0 Å². The fraction of sp³-hybridized carbons (Fsp3) is 0.208. The van der Waals surface area contributed by atoms with E-state index in [-0.39, 0.29) is 31.6 Å². The minimum atomic E-state index is -0.693. The number of carbonyl (C=O) groups is 2. The molecular weight excluding hydrogens is 394 g/mol.